The molecular weight excluding hydrogens is 271 g/mol. The van der Waals surface area contributed by atoms with Crippen LogP contribution in [0.2, 0.25) is 10.0 Å². The second-order valence-corrected chi connectivity index (χ2v) is 5.00. The van der Waals surface area contributed by atoms with Gasteiger partial charge < -0.3 is 5.32 Å². The Hall–Kier alpha value is -0.860. The maximum absolute atomic E-state index is 9.02. The Labute approximate surface area is 117 Å². The van der Waals surface area contributed by atoms with Gasteiger partial charge in [0.15, 0.2) is 0 Å². The molecule has 96 valence electrons. The highest BCUT2D eigenvalue weighted by Gasteiger charge is 2.26. The summed E-state index contributed by atoms with van der Waals surface area (Å²) in [5.41, 5.74) is 0.816. The van der Waals surface area contributed by atoms with E-state index in [4.69, 9.17) is 28.5 Å². The first-order chi connectivity index (χ1) is 8.74. The van der Waals surface area contributed by atoms with Crippen LogP contribution in [0.4, 0.5) is 0 Å². The fourth-order valence-electron chi connectivity index (χ4n) is 2.23. The number of nitrogens with one attached hydrogen (secondary N) is 1. The average molecular weight is 285 g/mol. The first-order valence-corrected chi connectivity index (χ1v) is 6.60. The monoisotopic (exact) mass is 284 g/mol. The first kappa shape index (κ1) is 13.6. The summed E-state index contributed by atoms with van der Waals surface area (Å²) in [7, 11) is 0. The van der Waals surface area contributed by atoms with Crippen molar-refractivity contribution in [3.05, 3.63) is 28.0 Å². The van der Waals surface area contributed by atoms with Crippen molar-refractivity contribution in [2.75, 3.05) is 26.2 Å². The van der Waals surface area contributed by atoms with Crippen LogP contribution in [-0.2, 0) is 0 Å². The minimum Gasteiger partial charge on any atom is -0.314 e. The Morgan fingerprint density at radius 1 is 1.33 bits per heavy atom. The molecule has 2 rings (SSSR count). The molecule has 0 aromatic carbocycles. The minimum atomic E-state index is -0.0555. The summed E-state index contributed by atoms with van der Waals surface area (Å²) in [6.07, 6.45) is 3.54. The lowest BCUT2D eigenvalue weighted by atomic mass is 10.0. The summed E-state index contributed by atoms with van der Waals surface area (Å²) in [5.74, 6) is 0. The van der Waals surface area contributed by atoms with Crippen LogP contribution in [0, 0.1) is 11.3 Å². The molecule has 1 aliphatic rings. The largest absolute Gasteiger partial charge is 0.314 e. The molecular formula is C12H14Cl2N4. The Balaban J connectivity index is 2.31. The van der Waals surface area contributed by atoms with Crippen LogP contribution in [0.15, 0.2) is 12.4 Å². The Kier molecular flexibility index (Phi) is 4.79. The smallest absolute Gasteiger partial charge is 0.0652 e. The zero-order valence-corrected chi connectivity index (χ0v) is 11.4. The number of halogens is 2. The van der Waals surface area contributed by atoms with Crippen LogP contribution in [0.1, 0.15) is 18.0 Å². The summed E-state index contributed by atoms with van der Waals surface area (Å²) in [4.78, 5) is 6.20. The summed E-state index contributed by atoms with van der Waals surface area (Å²) < 4.78 is 0. The molecule has 1 aromatic rings. The van der Waals surface area contributed by atoms with Crippen LogP contribution in [-0.4, -0.2) is 36.1 Å². The molecule has 1 saturated heterocycles. The zero-order valence-electron chi connectivity index (χ0n) is 9.87. The number of nitriles is 1. The SMILES string of the molecule is N#CC[C@H](c1c(Cl)cncc1Cl)N1CCNCC1. The van der Waals surface area contributed by atoms with Gasteiger partial charge in [-0.1, -0.05) is 23.2 Å². The van der Waals surface area contributed by atoms with E-state index in [1.807, 2.05) is 0 Å². The number of hydrogen-bond donors (Lipinski definition) is 1. The van der Waals surface area contributed by atoms with Gasteiger partial charge in [-0.15, -0.1) is 0 Å². The topological polar surface area (TPSA) is 52.0 Å². The predicted octanol–water partition coefficient (Wildman–Crippen LogP) is 2.25. The van der Waals surface area contributed by atoms with E-state index in [0.717, 1.165) is 31.7 Å². The highest BCUT2D eigenvalue weighted by Crippen LogP contribution is 2.34. The number of rotatable bonds is 3. The Morgan fingerprint density at radius 2 is 1.94 bits per heavy atom. The van der Waals surface area contributed by atoms with E-state index in [1.54, 1.807) is 12.4 Å². The number of hydrogen-bond acceptors (Lipinski definition) is 4. The fraction of sp³-hybridized carbons (Fsp3) is 0.500. The van der Waals surface area contributed by atoms with Gasteiger partial charge in [-0.2, -0.15) is 5.26 Å². The molecule has 1 aromatic heterocycles. The molecule has 1 fully saturated rings. The fourth-order valence-corrected chi connectivity index (χ4v) is 2.85. The molecule has 1 atom stereocenters. The third-order valence-electron chi connectivity index (χ3n) is 3.10. The Bertz CT molecular complexity index is 432. The van der Waals surface area contributed by atoms with Gasteiger partial charge in [0.1, 0.15) is 0 Å². The van der Waals surface area contributed by atoms with Gasteiger partial charge in [0.2, 0.25) is 0 Å². The number of pyridine rings is 1. The summed E-state index contributed by atoms with van der Waals surface area (Å²) in [6.45, 7) is 3.62. The van der Waals surface area contributed by atoms with E-state index in [0.29, 0.717) is 16.5 Å². The van der Waals surface area contributed by atoms with Crippen LogP contribution >= 0.6 is 23.2 Å². The molecule has 0 saturated carbocycles. The highest BCUT2D eigenvalue weighted by molar-refractivity contribution is 6.35. The minimum absolute atomic E-state index is 0.0555. The maximum Gasteiger partial charge on any atom is 0.0652 e. The quantitative estimate of drug-likeness (QED) is 0.925. The molecule has 2 heterocycles. The Morgan fingerprint density at radius 3 is 2.50 bits per heavy atom. The molecule has 0 bridgehead atoms. The third kappa shape index (κ3) is 2.93. The van der Waals surface area contributed by atoms with Crippen LogP contribution in [0.25, 0.3) is 0 Å². The predicted molar refractivity (Wildman–Crippen MR) is 71.7 cm³/mol. The molecule has 6 heteroatoms. The van der Waals surface area contributed by atoms with Crippen molar-refractivity contribution in [2.24, 2.45) is 0 Å². The van der Waals surface area contributed by atoms with Gasteiger partial charge in [0, 0.05) is 44.1 Å². The van der Waals surface area contributed by atoms with Gasteiger partial charge in [-0.25, -0.2) is 0 Å². The van der Waals surface area contributed by atoms with Crippen molar-refractivity contribution < 1.29 is 0 Å². The van der Waals surface area contributed by atoms with Crippen molar-refractivity contribution >= 4 is 23.2 Å². The van der Waals surface area contributed by atoms with Crippen molar-refractivity contribution in [3.63, 3.8) is 0 Å². The van der Waals surface area contributed by atoms with Gasteiger partial charge in [0.25, 0.3) is 0 Å². The van der Waals surface area contributed by atoms with Gasteiger partial charge in [-0.3, -0.25) is 9.88 Å². The second kappa shape index (κ2) is 6.35. The lowest BCUT2D eigenvalue weighted by molar-refractivity contribution is 0.175. The normalized spacial score (nSPS) is 18.3. The summed E-state index contributed by atoms with van der Waals surface area (Å²) in [6, 6.07) is 2.16. The van der Waals surface area contributed by atoms with E-state index in [2.05, 4.69) is 21.3 Å². The van der Waals surface area contributed by atoms with E-state index in [9.17, 15) is 0 Å². The molecule has 1 aliphatic heterocycles. The standard InChI is InChI=1S/C12H14Cl2N4/c13-9-7-17-8-10(14)12(9)11(1-2-15)18-5-3-16-4-6-18/h7-8,11,16H,1,3-6H2/t11-/m1/s1. The van der Waals surface area contributed by atoms with Gasteiger partial charge in [-0.05, 0) is 0 Å². The molecule has 0 radical (unpaired) electrons. The molecule has 1 N–H and O–H groups in total. The van der Waals surface area contributed by atoms with Crippen LogP contribution in [0.5, 0.6) is 0 Å². The zero-order chi connectivity index (χ0) is 13.0. The van der Waals surface area contributed by atoms with Crippen molar-refractivity contribution in [2.45, 2.75) is 12.5 Å². The third-order valence-corrected chi connectivity index (χ3v) is 3.70. The maximum atomic E-state index is 9.02. The molecule has 0 unspecified atom stereocenters. The molecule has 0 amide bonds. The molecule has 18 heavy (non-hydrogen) atoms. The van der Waals surface area contributed by atoms with Crippen molar-refractivity contribution in [1.29, 1.82) is 5.26 Å². The van der Waals surface area contributed by atoms with Crippen LogP contribution < -0.4 is 5.32 Å². The van der Waals surface area contributed by atoms with Gasteiger partial charge in [0.05, 0.1) is 28.6 Å². The number of piperazine rings is 1. The highest BCUT2D eigenvalue weighted by atomic mass is 35.5. The lowest BCUT2D eigenvalue weighted by Gasteiger charge is -2.34. The first-order valence-electron chi connectivity index (χ1n) is 5.84. The van der Waals surface area contributed by atoms with E-state index >= 15 is 0 Å². The summed E-state index contributed by atoms with van der Waals surface area (Å²) >= 11 is 12.4. The molecule has 0 spiro atoms. The second-order valence-electron chi connectivity index (χ2n) is 4.18. The summed E-state index contributed by atoms with van der Waals surface area (Å²) in [5, 5.41) is 13.4. The average Bonchev–Trinajstić information content (AvgIpc) is 2.38. The van der Waals surface area contributed by atoms with E-state index < -0.39 is 0 Å². The van der Waals surface area contributed by atoms with Crippen molar-refractivity contribution in [3.8, 4) is 6.07 Å². The molecule has 4 nitrogen and oxygen atoms in total. The number of nitrogens with zero attached hydrogens (tertiary/aromatic N) is 3. The van der Waals surface area contributed by atoms with Crippen molar-refractivity contribution in [1.82, 2.24) is 15.2 Å². The van der Waals surface area contributed by atoms with Crippen LogP contribution in [0.3, 0.4) is 0 Å². The van der Waals surface area contributed by atoms with E-state index in [-0.39, 0.29) is 6.04 Å². The lowest BCUT2D eigenvalue weighted by Crippen LogP contribution is -2.45. The van der Waals surface area contributed by atoms with Gasteiger partial charge >= 0.3 is 0 Å². The molecule has 0 aliphatic carbocycles. The number of aromatic nitrogens is 1. The van der Waals surface area contributed by atoms with E-state index in [1.165, 1.54) is 0 Å².